The Morgan fingerprint density at radius 3 is 2.27 bits per heavy atom. The van der Waals surface area contributed by atoms with E-state index in [-0.39, 0.29) is 12.0 Å². The van der Waals surface area contributed by atoms with Crippen molar-refractivity contribution in [2.45, 2.75) is 64.2 Å². The molecular formula is C22H32N2O6. The Hall–Kier alpha value is -2.45. The molecule has 1 aromatic carbocycles. The van der Waals surface area contributed by atoms with Crippen LogP contribution in [0.1, 0.15) is 57.6 Å². The summed E-state index contributed by atoms with van der Waals surface area (Å²) >= 11 is 0. The van der Waals surface area contributed by atoms with Crippen LogP contribution in [0.5, 0.6) is 0 Å². The van der Waals surface area contributed by atoms with Gasteiger partial charge in [0.05, 0.1) is 5.92 Å². The van der Waals surface area contributed by atoms with E-state index >= 15 is 0 Å². The topological polar surface area (TPSA) is 114 Å². The van der Waals surface area contributed by atoms with Crippen LogP contribution in [-0.2, 0) is 23.9 Å². The van der Waals surface area contributed by atoms with Crippen LogP contribution in [0.4, 0.5) is 0 Å². The van der Waals surface area contributed by atoms with Crippen LogP contribution in [0.2, 0.25) is 0 Å². The van der Waals surface area contributed by atoms with Gasteiger partial charge in [0.2, 0.25) is 5.91 Å². The number of rotatable bonds is 10. The number of carbonyl (C=O) groups excluding carboxylic acids is 3. The first-order valence-electron chi connectivity index (χ1n) is 10.4. The first kappa shape index (κ1) is 23.8. The van der Waals surface area contributed by atoms with Crippen molar-refractivity contribution in [1.82, 2.24) is 10.8 Å². The van der Waals surface area contributed by atoms with Crippen molar-refractivity contribution >= 4 is 17.8 Å². The molecule has 2 amide bonds. The zero-order valence-corrected chi connectivity index (χ0v) is 17.8. The number of ether oxygens (including phenoxy) is 2. The first-order chi connectivity index (χ1) is 14.4. The van der Waals surface area contributed by atoms with Crippen molar-refractivity contribution < 1.29 is 29.1 Å². The van der Waals surface area contributed by atoms with Crippen LogP contribution in [0.3, 0.4) is 0 Å². The van der Waals surface area contributed by atoms with E-state index in [0.717, 1.165) is 25.7 Å². The molecule has 0 bridgehead atoms. The number of benzene rings is 1. The second kappa shape index (κ2) is 11.7. The molecule has 0 aliphatic heterocycles. The fourth-order valence-electron chi connectivity index (χ4n) is 3.81. The van der Waals surface area contributed by atoms with Gasteiger partial charge in [-0.3, -0.25) is 14.8 Å². The van der Waals surface area contributed by atoms with Crippen molar-refractivity contribution in [3.63, 3.8) is 0 Å². The second-order valence-electron chi connectivity index (χ2n) is 8.06. The van der Waals surface area contributed by atoms with Crippen LogP contribution < -0.4 is 10.8 Å². The Bertz CT molecular complexity index is 703. The van der Waals surface area contributed by atoms with E-state index in [2.05, 4.69) is 5.32 Å². The molecule has 30 heavy (non-hydrogen) atoms. The molecule has 3 N–H and O–H groups in total. The van der Waals surface area contributed by atoms with Gasteiger partial charge < -0.3 is 14.8 Å². The number of hydrogen-bond acceptors (Lipinski definition) is 6. The van der Waals surface area contributed by atoms with Crippen molar-refractivity contribution in [3.8, 4) is 0 Å². The summed E-state index contributed by atoms with van der Waals surface area (Å²) in [5.74, 6) is -2.68. The Morgan fingerprint density at radius 2 is 1.73 bits per heavy atom. The molecular weight excluding hydrogens is 388 g/mol. The highest BCUT2D eigenvalue weighted by molar-refractivity contribution is 5.91. The van der Waals surface area contributed by atoms with Gasteiger partial charge in [-0.15, -0.1) is 0 Å². The summed E-state index contributed by atoms with van der Waals surface area (Å²) in [6, 6.07) is 7.86. The van der Waals surface area contributed by atoms with Crippen molar-refractivity contribution in [2.75, 3.05) is 7.11 Å². The molecule has 1 aliphatic carbocycles. The maximum Gasteiger partial charge on any atom is 0.333 e. The molecule has 8 nitrogen and oxygen atoms in total. The van der Waals surface area contributed by atoms with Gasteiger partial charge in [-0.2, -0.15) is 0 Å². The fraction of sp³-hybridized carbons (Fsp3) is 0.591. The summed E-state index contributed by atoms with van der Waals surface area (Å²) < 4.78 is 10.8. The van der Waals surface area contributed by atoms with E-state index in [0.29, 0.717) is 12.0 Å². The number of carbonyl (C=O) groups is 3. The largest absolute Gasteiger partial charge is 0.461 e. The molecule has 0 radical (unpaired) electrons. The van der Waals surface area contributed by atoms with Crippen LogP contribution in [0.15, 0.2) is 30.3 Å². The molecule has 0 spiro atoms. The third-order valence-electron chi connectivity index (χ3n) is 5.29. The van der Waals surface area contributed by atoms with Crippen LogP contribution in [-0.4, -0.2) is 42.3 Å². The molecule has 0 unspecified atom stereocenters. The van der Waals surface area contributed by atoms with Crippen LogP contribution in [0.25, 0.3) is 0 Å². The maximum absolute atomic E-state index is 13.2. The lowest BCUT2D eigenvalue weighted by molar-refractivity contribution is -0.155. The fourth-order valence-corrected chi connectivity index (χ4v) is 3.81. The summed E-state index contributed by atoms with van der Waals surface area (Å²) in [5.41, 5.74) is 2.14. The van der Waals surface area contributed by atoms with E-state index in [4.69, 9.17) is 14.7 Å². The lowest BCUT2D eigenvalue weighted by Gasteiger charge is -2.27. The predicted molar refractivity (Wildman–Crippen MR) is 109 cm³/mol. The Kier molecular flexibility index (Phi) is 9.26. The first-order valence-corrected chi connectivity index (χ1v) is 10.4. The van der Waals surface area contributed by atoms with Crippen LogP contribution in [0, 0.1) is 11.8 Å². The number of amides is 2. The second-order valence-corrected chi connectivity index (χ2v) is 8.06. The molecule has 8 heteroatoms. The molecule has 1 saturated carbocycles. The summed E-state index contributed by atoms with van der Waals surface area (Å²) in [7, 11) is 1.30. The Morgan fingerprint density at radius 1 is 1.10 bits per heavy atom. The lowest BCUT2D eigenvalue weighted by Crippen LogP contribution is -2.48. The lowest BCUT2D eigenvalue weighted by atomic mass is 9.90. The number of hydroxylamine groups is 1. The minimum Gasteiger partial charge on any atom is -0.461 e. The normalized spacial score (nSPS) is 17.2. The highest BCUT2D eigenvalue weighted by atomic mass is 16.5. The zero-order chi connectivity index (χ0) is 22.1. The average Bonchev–Trinajstić information content (AvgIpc) is 3.24. The van der Waals surface area contributed by atoms with Gasteiger partial charge in [-0.05, 0) is 43.6 Å². The molecule has 0 saturated heterocycles. The van der Waals surface area contributed by atoms with Gasteiger partial charge in [0.1, 0.15) is 12.2 Å². The average molecular weight is 421 g/mol. The van der Waals surface area contributed by atoms with E-state index in [9.17, 15) is 14.4 Å². The molecule has 0 heterocycles. The minimum atomic E-state index is -1.19. The molecule has 1 aromatic rings. The SMILES string of the molecule is CO[C@@H](C(=O)NO)[C@H](CC(C)C)C(=O)N[C@@H](C(=O)OC1CCCC1)c1ccccc1. The maximum atomic E-state index is 13.2. The number of nitrogens with one attached hydrogen (secondary N) is 2. The summed E-state index contributed by atoms with van der Waals surface area (Å²) in [4.78, 5) is 38.1. The van der Waals surface area contributed by atoms with Gasteiger partial charge >= 0.3 is 5.97 Å². The molecule has 1 aliphatic rings. The van der Waals surface area contributed by atoms with Gasteiger partial charge in [0.25, 0.3) is 5.91 Å². The highest BCUT2D eigenvalue weighted by Gasteiger charge is 2.37. The quantitative estimate of drug-likeness (QED) is 0.304. The molecule has 2 rings (SSSR count). The third kappa shape index (κ3) is 6.53. The smallest absolute Gasteiger partial charge is 0.333 e. The molecule has 0 aromatic heterocycles. The minimum absolute atomic E-state index is 0.0745. The van der Waals surface area contributed by atoms with Crippen molar-refractivity contribution in [1.29, 1.82) is 0 Å². The molecule has 166 valence electrons. The number of methoxy groups -OCH3 is 1. The van der Waals surface area contributed by atoms with Gasteiger partial charge in [0.15, 0.2) is 6.04 Å². The standard InChI is InChI=1S/C22H32N2O6/c1-14(2)13-17(19(29-3)21(26)24-28)20(25)23-18(15-9-5-4-6-10-15)22(27)30-16-11-7-8-12-16/h4-6,9-10,14,16-19,28H,7-8,11-13H2,1-3H3,(H,23,25)(H,24,26)/t17-,18+,19+/m0/s1. The van der Waals surface area contributed by atoms with Crippen molar-refractivity contribution in [3.05, 3.63) is 35.9 Å². The van der Waals surface area contributed by atoms with E-state index in [1.54, 1.807) is 29.7 Å². The van der Waals surface area contributed by atoms with Crippen molar-refractivity contribution in [2.24, 2.45) is 11.8 Å². The molecule has 1 fully saturated rings. The Balaban J connectivity index is 2.24. The van der Waals surface area contributed by atoms with Gasteiger partial charge in [0, 0.05) is 7.11 Å². The summed E-state index contributed by atoms with van der Waals surface area (Å²) in [6.07, 6.45) is 2.67. The van der Waals surface area contributed by atoms with E-state index in [1.165, 1.54) is 7.11 Å². The summed E-state index contributed by atoms with van der Waals surface area (Å²) in [6.45, 7) is 3.82. The molecule has 3 atom stereocenters. The summed E-state index contributed by atoms with van der Waals surface area (Å²) in [5, 5.41) is 11.8. The van der Waals surface area contributed by atoms with Gasteiger partial charge in [-0.1, -0.05) is 44.2 Å². The third-order valence-corrected chi connectivity index (χ3v) is 5.29. The zero-order valence-electron chi connectivity index (χ0n) is 17.8. The van der Waals surface area contributed by atoms with E-state index in [1.807, 2.05) is 19.9 Å². The highest BCUT2D eigenvalue weighted by Crippen LogP contribution is 2.25. The predicted octanol–water partition coefficient (Wildman–Crippen LogP) is 2.51. The Labute approximate surface area is 177 Å². The van der Waals surface area contributed by atoms with Crippen LogP contribution >= 0.6 is 0 Å². The number of esters is 1. The monoisotopic (exact) mass is 420 g/mol. The van der Waals surface area contributed by atoms with Gasteiger partial charge in [-0.25, -0.2) is 10.3 Å². The number of hydrogen-bond donors (Lipinski definition) is 3. The van der Waals surface area contributed by atoms with E-state index < -0.39 is 35.8 Å².